The van der Waals surface area contributed by atoms with E-state index in [1.165, 1.54) is 10.4 Å². The third-order valence-electron chi connectivity index (χ3n) is 2.88. The van der Waals surface area contributed by atoms with Crippen LogP contribution in [0.15, 0.2) is 28.1 Å². The summed E-state index contributed by atoms with van der Waals surface area (Å²) >= 11 is 5.21. The molecular weight excluding hydrogens is 310 g/mol. The Morgan fingerprint density at radius 2 is 2.11 bits per heavy atom. The Bertz CT molecular complexity index is 551. The van der Waals surface area contributed by atoms with Crippen LogP contribution in [0, 0.1) is 13.8 Å². The van der Waals surface area contributed by atoms with Crippen molar-refractivity contribution in [3.63, 3.8) is 0 Å². The second-order valence-electron chi connectivity index (χ2n) is 4.17. The number of rotatable bonds is 4. The quantitative estimate of drug-likeness (QED) is 0.875. The predicted octanol–water partition coefficient (Wildman–Crippen LogP) is 4.75. The van der Waals surface area contributed by atoms with Gasteiger partial charge < -0.3 is 10.1 Å². The largest absolute Gasteiger partial charge is 0.496 e. The van der Waals surface area contributed by atoms with Gasteiger partial charge in [0.15, 0.2) is 0 Å². The summed E-state index contributed by atoms with van der Waals surface area (Å²) in [5.74, 6) is 0.965. The first-order valence-corrected chi connectivity index (χ1v) is 7.40. The van der Waals surface area contributed by atoms with Gasteiger partial charge in [0.2, 0.25) is 0 Å². The summed E-state index contributed by atoms with van der Waals surface area (Å²) in [6.45, 7) is 4.98. The summed E-state index contributed by atoms with van der Waals surface area (Å²) < 4.78 is 6.57. The molecule has 0 aliphatic carbocycles. The van der Waals surface area contributed by atoms with Gasteiger partial charge in [0.05, 0.1) is 7.11 Å². The minimum absolute atomic E-state index is 0.837. The predicted molar refractivity (Wildman–Crippen MR) is 81.8 cm³/mol. The molecule has 0 fully saturated rings. The third kappa shape index (κ3) is 2.87. The molecule has 0 atom stereocenters. The molecule has 2 rings (SSSR count). The fourth-order valence-electron chi connectivity index (χ4n) is 1.96. The number of benzene rings is 1. The fraction of sp³-hybridized carbons (Fsp3) is 0.286. The molecule has 0 saturated carbocycles. The van der Waals surface area contributed by atoms with Gasteiger partial charge in [-0.2, -0.15) is 0 Å². The number of nitrogens with one attached hydrogen (secondary N) is 1. The number of hydrogen-bond donors (Lipinski definition) is 1. The van der Waals surface area contributed by atoms with Crippen LogP contribution in [0.1, 0.15) is 16.0 Å². The van der Waals surface area contributed by atoms with Crippen molar-refractivity contribution in [2.75, 3.05) is 12.4 Å². The Labute approximate surface area is 120 Å². The molecular formula is C14H16BrNOS. The lowest BCUT2D eigenvalue weighted by molar-refractivity contribution is 0.409. The second-order valence-corrected chi connectivity index (χ2v) is 6.08. The number of thiophene rings is 1. The summed E-state index contributed by atoms with van der Waals surface area (Å²) in [5, 5.41) is 5.55. The van der Waals surface area contributed by atoms with Crippen molar-refractivity contribution >= 4 is 33.0 Å². The van der Waals surface area contributed by atoms with E-state index < -0.39 is 0 Å². The van der Waals surface area contributed by atoms with Crippen molar-refractivity contribution < 1.29 is 4.74 Å². The monoisotopic (exact) mass is 325 g/mol. The molecule has 18 heavy (non-hydrogen) atoms. The molecule has 0 radical (unpaired) electrons. The van der Waals surface area contributed by atoms with E-state index in [1.807, 2.05) is 0 Å². The van der Waals surface area contributed by atoms with E-state index in [0.29, 0.717) is 0 Å². The Morgan fingerprint density at radius 3 is 2.72 bits per heavy atom. The highest BCUT2D eigenvalue weighted by Gasteiger charge is 2.07. The minimum Gasteiger partial charge on any atom is -0.496 e. The van der Waals surface area contributed by atoms with Gasteiger partial charge in [-0.25, -0.2) is 0 Å². The highest BCUT2D eigenvalue weighted by molar-refractivity contribution is 9.10. The SMILES string of the molecule is COc1c(C)ccc(NCc2cc(Br)cs2)c1C. The van der Waals surface area contributed by atoms with Crippen molar-refractivity contribution in [2.45, 2.75) is 20.4 Å². The van der Waals surface area contributed by atoms with E-state index >= 15 is 0 Å². The molecule has 0 aliphatic rings. The zero-order valence-corrected chi connectivity index (χ0v) is 13.1. The number of methoxy groups -OCH3 is 1. The lowest BCUT2D eigenvalue weighted by atomic mass is 10.1. The van der Waals surface area contributed by atoms with Crippen molar-refractivity contribution in [3.05, 3.63) is 44.1 Å². The third-order valence-corrected chi connectivity index (χ3v) is 4.58. The van der Waals surface area contributed by atoms with Crippen LogP contribution in [-0.4, -0.2) is 7.11 Å². The van der Waals surface area contributed by atoms with Gasteiger partial charge >= 0.3 is 0 Å². The fourth-order valence-corrected chi connectivity index (χ4v) is 3.35. The first-order chi connectivity index (χ1) is 8.61. The summed E-state index contributed by atoms with van der Waals surface area (Å²) in [4.78, 5) is 1.31. The van der Waals surface area contributed by atoms with E-state index in [-0.39, 0.29) is 0 Å². The van der Waals surface area contributed by atoms with Crippen molar-refractivity contribution in [2.24, 2.45) is 0 Å². The van der Waals surface area contributed by atoms with Crippen LogP contribution < -0.4 is 10.1 Å². The van der Waals surface area contributed by atoms with Gasteiger partial charge in [-0.05, 0) is 47.5 Å². The molecule has 0 aliphatic heterocycles. The van der Waals surface area contributed by atoms with Gasteiger partial charge in [0, 0.05) is 32.5 Å². The Morgan fingerprint density at radius 1 is 1.33 bits per heavy atom. The smallest absolute Gasteiger partial charge is 0.126 e. The van der Waals surface area contributed by atoms with Crippen molar-refractivity contribution in [3.8, 4) is 5.75 Å². The van der Waals surface area contributed by atoms with Gasteiger partial charge in [-0.15, -0.1) is 11.3 Å². The van der Waals surface area contributed by atoms with E-state index in [0.717, 1.165) is 28.0 Å². The zero-order valence-electron chi connectivity index (χ0n) is 10.7. The number of hydrogen-bond acceptors (Lipinski definition) is 3. The lowest BCUT2D eigenvalue weighted by Crippen LogP contribution is -2.01. The Balaban J connectivity index is 2.14. The van der Waals surface area contributed by atoms with Crippen LogP contribution in [0.3, 0.4) is 0 Å². The number of aryl methyl sites for hydroxylation is 1. The van der Waals surface area contributed by atoms with Crippen LogP contribution in [0.5, 0.6) is 5.75 Å². The number of ether oxygens (including phenoxy) is 1. The van der Waals surface area contributed by atoms with Gasteiger partial charge in [0.1, 0.15) is 5.75 Å². The second kappa shape index (κ2) is 5.76. The number of anilines is 1. The van der Waals surface area contributed by atoms with Crippen molar-refractivity contribution in [1.82, 2.24) is 0 Å². The zero-order chi connectivity index (χ0) is 13.1. The van der Waals surface area contributed by atoms with Gasteiger partial charge in [0.25, 0.3) is 0 Å². The normalized spacial score (nSPS) is 10.4. The maximum Gasteiger partial charge on any atom is 0.126 e. The standard InChI is InChI=1S/C14H16BrNOS/c1-9-4-5-13(10(2)14(9)17-3)16-7-12-6-11(15)8-18-12/h4-6,8,16H,7H2,1-3H3. The summed E-state index contributed by atoms with van der Waals surface area (Å²) in [7, 11) is 1.72. The highest BCUT2D eigenvalue weighted by atomic mass is 79.9. The molecule has 0 bridgehead atoms. The lowest BCUT2D eigenvalue weighted by Gasteiger charge is -2.14. The van der Waals surface area contributed by atoms with E-state index in [4.69, 9.17) is 4.74 Å². The Kier molecular flexibility index (Phi) is 4.30. The van der Waals surface area contributed by atoms with E-state index in [1.54, 1.807) is 18.4 Å². The molecule has 1 aromatic carbocycles. The van der Waals surface area contributed by atoms with Crippen LogP contribution in [0.4, 0.5) is 5.69 Å². The first kappa shape index (κ1) is 13.4. The van der Waals surface area contributed by atoms with Crippen LogP contribution >= 0.6 is 27.3 Å². The highest BCUT2D eigenvalue weighted by Crippen LogP contribution is 2.30. The van der Waals surface area contributed by atoms with E-state index in [2.05, 4.69) is 58.7 Å². The summed E-state index contributed by atoms with van der Waals surface area (Å²) in [6.07, 6.45) is 0. The van der Waals surface area contributed by atoms with E-state index in [9.17, 15) is 0 Å². The first-order valence-electron chi connectivity index (χ1n) is 5.72. The Hall–Kier alpha value is -1.000. The molecule has 1 aromatic heterocycles. The molecule has 2 aromatic rings. The average molecular weight is 326 g/mol. The molecule has 1 N–H and O–H groups in total. The topological polar surface area (TPSA) is 21.3 Å². The molecule has 96 valence electrons. The van der Waals surface area contributed by atoms with Crippen LogP contribution in [0.25, 0.3) is 0 Å². The van der Waals surface area contributed by atoms with Crippen LogP contribution in [0.2, 0.25) is 0 Å². The van der Waals surface area contributed by atoms with Gasteiger partial charge in [-0.1, -0.05) is 6.07 Å². The molecule has 4 heteroatoms. The number of halogens is 1. The van der Waals surface area contributed by atoms with Crippen LogP contribution in [-0.2, 0) is 6.54 Å². The molecule has 1 heterocycles. The van der Waals surface area contributed by atoms with Crippen molar-refractivity contribution in [1.29, 1.82) is 0 Å². The average Bonchev–Trinajstić information content (AvgIpc) is 2.75. The molecule has 0 saturated heterocycles. The molecule has 0 amide bonds. The summed E-state index contributed by atoms with van der Waals surface area (Å²) in [5.41, 5.74) is 3.45. The minimum atomic E-state index is 0.837. The molecule has 2 nitrogen and oxygen atoms in total. The summed E-state index contributed by atoms with van der Waals surface area (Å²) in [6, 6.07) is 6.33. The molecule has 0 unspecified atom stereocenters. The van der Waals surface area contributed by atoms with Gasteiger partial charge in [-0.3, -0.25) is 0 Å². The maximum absolute atomic E-state index is 5.43. The maximum atomic E-state index is 5.43. The molecule has 0 spiro atoms.